The molecule has 0 aliphatic rings. The summed E-state index contributed by atoms with van der Waals surface area (Å²) in [5.41, 5.74) is 2.02. The standard InChI is InChI=1S/C17H13N5OS/c1-23-14-5-2-12(3-6-14)4-7-15-21-22-16(19-20-17(22)24-15)13-8-10-18-11-9-13/h2-11H,1H3/b7-4-. The molecule has 0 N–H and O–H groups in total. The number of aromatic nitrogens is 5. The molecule has 0 spiro atoms. The van der Waals surface area contributed by atoms with Crippen LogP contribution in [0.2, 0.25) is 0 Å². The van der Waals surface area contributed by atoms with Crippen LogP contribution in [-0.4, -0.2) is 31.9 Å². The lowest BCUT2D eigenvalue weighted by Crippen LogP contribution is -1.90. The molecule has 0 aliphatic heterocycles. The molecule has 4 rings (SSSR count). The van der Waals surface area contributed by atoms with Gasteiger partial charge in [0.15, 0.2) is 5.82 Å². The van der Waals surface area contributed by atoms with Crippen molar-refractivity contribution in [1.29, 1.82) is 0 Å². The highest BCUT2D eigenvalue weighted by Crippen LogP contribution is 2.22. The summed E-state index contributed by atoms with van der Waals surface area (Å²) in [5.74, 6) is 1.56. The topological polar surface area (TPSA) is 65.2 Å². The summed E-state index contributed by atoms with van der Waals surface area (Å²) in [6, 6.07) is 11.6. The largest absolute Gasteiger partial charge is 0.497 e. The zero-order valence-electron chi connectivity index (χ0n) is 12.8. The maximum Gasteiger partial charge on any atom is 0.235 e. The normalized spacial score (nSPS) is 11.4. The van der Waals surface area contributed by atoms with Gasteiger partial charge >= 0.3 is 0 Å². The van der Waals surface area contributed by atoms with Crippen molar-refractivity contribution < 1.29 is 4.74 Å². The number of pyridine rings is 1. The quantitative estimate of drug-likeness (QED) is 0.572. The molecule has 0 atom stereocenters. The van der Waals surface area contributed by atoms with E-state index in [9.17, 15) is 0 Å². The highest BCUT2D eigenvalue weighted by molar-refractivity contribution is 7.17. The maximum atomic E-state index is 5.16. The van der Waals surface area contributed by atoms with Gasteiger partial charge in [0.2, 0.25) is 4.96 Å². The lowest BCUT2D eigenvalue weighted by atomic mass is 10.2. The highest BCUT2D eigenvalue weighted by Gasteiger charge is 2.11. The first-order chi connectivity index (χ1) is 11.8. The molecule has 7 heteroatoms. The predicted octanol–water partition coefficient (Wildman–Crippen LogP) is 3.43. The number of rotatable bonds is 4. The molecule has 0 saturated heterocycles. The van der Waals surface area contributed by atoms with Gasteiger partial charge in [0.25, 0.3) is 0 Å². The van der Waals surface area contributed by atoms with Crippen LogP contribution < -0.4 is 4.74 Å². The molecule has 0 amide bonds. The lowest BCUT2D eigenvalue weighted by Gasteiger charge is -1.98. The molecule has 3 aromatic heterocycles. The van der Waals surface area contributed by atoms with E-state index in [1.54, 1.807) is 24.0 Å². The number of nitrogens with zero attached hydrogens (tertiary/aromatic N) is 5. The van der Waals surface area contributed by atoms with Crippen LogP contribution in [0.4, 0.5) is 0 Å². The minimum Gasteiger partial charge on any atom is -0.497 e. The first kappa shape index (κ1) is 14.5. The third kappa shape index (κ3) is 2.77. The fraction of sp³-hybridized carbons (Fsp3) is 0.0588. The van der Waals surface area contributed by atoms with Crippen molar-refractivity contribution in [2.45, 2.75) is 0 Å². The highest BCUT2D eigenvalue weighted by atomic mass is 32.1. The molecular formula is C17H13N5OS. The van der Waals surface area contributed by atoms with E-state index in [4.69, 9.17) is 4.74 Å². The van der Waals surface area contributed by atoms with E-state index < -0.39 is 0 Å². The lowest BCUT2D eigenvalue weighted by molar-refractivity contribution is 0.415. The predicted molar refractivity (Wildman–Crippen MR) is 93.8 cm³/mol. The van der Waals surface area contributed by atoms with Crippen LogP contribution >= 0.6 is 11.3 Å². The average Bonchev–Trinajstić information content (AvgIpc) is 3.21. The minimum absolute atomic E-state index is 0.716. The van der Waals surface area contributed by atoms with E-state index in [0.29, 0.717) is 5.82 Å². The number of methoxy groups -OCH3 is 1. The molecule has 4 aromatic rings. The molecule has 0 aliphatic carbocycles. The van der Waals surface area contributed by atoms with Gasteiger partial charge in [-0.25, -0.2) is 0 Å². The van der Waals surface area contributed by atoms with Gasteiger partial charge in [-0.1, -0.05) is 29.5 Å². The molecule has 0 radical (unpaired) electrons. The van der Waals surface area contributed by atoms with Crippen molar-refractivity contribution in [2.75, 3.05) is 7.11 Å². The van der Waals surface area contributed by atoms with Crippen LogP contribution in [0.25, 0.3) is 28.5 Å². The molecule has 118 valence electrons. The molecule has 24 heavy (non-hydrogen) atoms. The van der Waals surface area contributed by atoms with Crippen LogP contribution in [0.5, 0.6) is 5.75 Å². The maximum absolute atomic E-state index is 5.16. The molecule has 0 unspecified atom stereocenters. The summed E-state index contributed by atoms with van der Waals surface area (Å²) in [7, 11) is 1.66. The van der Waals surface area contributed by atoms with Crippen LogP contribution in [0.1, 0.15) is 10.6 Å². The number of benzene rings is 1. The van der Waals surface area contributed by atoms with E-state index >= 15 is 0 Å². The Morgan fingerprint density at radius 1 is 1.00 bits per heavy atom. The zero-order chi connectivity index (χ0) is 16.4. The fourth-order valence-electron chi connectivity index (χ4n) is 2.26. The van der Waals surface area contributed by atoms with Gasteiger partial charge in [-0.2, -0.15) is 9.61 Å². The first-order valence-electron chi connectivity index (χ1n) is 7.28. The Hall–Kier alpha value is -3.06. The van der Waals surface area contributed by atoms with Crippen molar-refractivity contribution in [2.24, 2.45) is 0 Å². The van der Waals surface area contributed by atoms with Gasteiger partial charge in [-0.3, -0.25) is 4.98 Å². The van der Waals surface area contributed by atoms with E-state index in [-0.39, 0.29) is 0 Å². The number of ether oxygens (including phenoxy) is 1. The smallest absolute Gasteiger partial charge is 0.235 e. The number of hydrogen-bond donors (Lipinski definition) is 0. The molecule has 3 heterocycles. The van der Waals surface area contributed by atoms with Crippen LogP contribution in [0.15, 0.2) is 48.8 Å². The second-order valence-electron chi connectivity index (χ2n) is 5.00. The summed E-state index contributed by atoms with van der Waals surface area (Å²) >= 11 is 1.49. The Kier molecular flexibility index (Phi) is 3.76. The third-order valence-corrected chi connectivity index (χ3v) is 4.34. The van der Waals surface area contributed by atoms with E-state index in [1.807, 2.05) is 48.6 Å². The fourth-order valence-corrected chi connectivity index (χ4v) is 3.00. The van der Waals surface area contributed by atoms with Gasteiger partial charge in [0.1, 0.15) is 10.8 Å². The number of hydrogen-bond acceptors (Lipinski definition) is 6. The van der Waals surface area contributed by atoms with E-state index in [1.165, 1.54) is 11.3 Å². The zero-order valence-corrected chi connectivity index (χ0v) is 13.6. The number of fused-ring (bicyclic) bond motifs is 1. The Morgan fingerprint density at radius 2 is 1.79 bits per heavy atom. The van der Waals surface area contributed by atoms with Crippen molar-refractivity contribution in [1.82, 2.24) is 24.8 Å². The molecular weight excluding hydrogens is 322 g/mol. The van der Waals surface area contributed by atoms with Gasteiger partial charge in [0.05, 0.1) is 7.11 Å². The van der Waals surface area contributed by atoms with E-state index in [2.05, 4.69) is 20.3 Å². The Bertz CT molecular complexity index is 989. The van der Waals surface area contributed by atoms with Crippen LogP contribution in [0.3, 0.4) is 0 Å². The molecule has 1 aromatic carbocycles. The first-order valence-corrected chi connectivity index (χ1v) is 8.10. The summed E-state index contributed by atoms with van der Waals surface area (Å²) in [5, 5.41) is 13.8. The van der Waals surface area contributed by atoms with Crippen molar-refractivity contribution in [3.8, 4) is 17.1 Å². The summed E-state index contributed by atoms with van der Waals surface area (Å²) in [6.07, 6.45) is 7.44. The van der Waals surface area contributed by atoms with Gasteiger partial charge in [-0.15, -0.1) is 10.2 Å². The Morgan fingerprint density at radius 3 is 2.54 bits per heavy atom. The molecule has 0 fully saturated rings. The second-order valence-corrected chi connectivity index (χ2v) is 5.99. The Balaban J connectivity index is 1.63. The van der Waals surface area contributed by atoms with Crippen molar-refractivity contribution >= 4 is 28.4 Å². The third-order valence-electron chi connectivity index (χ3n) is 3.48. The average molecular weight is 335 g/mol. The summed E-state index contributed by atoms with van der Waals surface area (Å²) in [6.45, 7) is 0. The van der Waals surface area contributed by atoms with Gasteiger partial charge in [0, 0.05) is 18.0 Å². The molecule has 0 bridgehead atoms. The van der Waals surface area contributed by atoms with Crippen molar-refractivity contribution in [3.05, 3.63) is 59.4 Å². The van der Waals surface area contributed by atoms with Crippen molar-refractivity contribution in [3.63, 3.8) is 0 Å². The van der Waals surface area contributed by atoms with Crippen LogP contribution in [-0.2, 0) is 0 Å². The van der Waals surface area contributed by atoms with Gasteiger partial charge < -0.3 is 4.74 Å². The van der Waals surface area contributed by atoms with Gasteiger partial charge in [-0.05, 0) is 35.9 Å². The van der Waals surface area contributed by atoms with E-state index in [0.717, 1.165) is 26.8 Å². The summed E-state index contributed by atoms with van der Waals surface area (Å²) < 4.78 is 6.92. The Labute approximate surface area is 142 Å². The minimum atomic E-state index is 0.716. The second kappa shape index (κ2) is 6.21. The SMILES string of the molecule is COc1ccc(/C=C\c2nn3c(-c4ccncc4)nnc3s2)cc1. The molecule has 6 nitrogen and oxygen atoms in total. The van der Waals surface area contributed by atoms with Crippen LogP contribution in [0, 0.1) is 0 Å². The molecule has 0 saturated carbocycles. The monoisotopic (exact) mass is 335 g/mol. The summed E-state index contributed by atoms with van der Waals surface area (Å²) in [4.78, 5) is 4.78.